The molecule has 4 heteroatoms. The lowest BCUT2D eigenvalue weighted by molar-refractivity contribution is -0.137. The topological polar surface area (TPSA) is 50.4 Å². The van der Waals surface area contributed by atoms with Gasteiger partial charge < -0.3 is 15.4 Å². The summed E-state index contributed by atoms with van der Waals surface area (Å²) in [4.78, 5) is 12.8. The quantitative estimate of drug-likeness (QED) is 0.828. The predicted molar refractivity (Wildman–Crippen MR) is 80.5 cm³/mol. The molecule has 3 atom stereocenters. The molecule has 4 nitrogen and oxygen atoms in total. The van der Waals surface area contributed by atoms with Crippen LogP contribution in [0.2, 0.25) is 0 Å². The van der Waals surface area contributed by atoms with E-state index in [2.05, 4.69) is 24.5 Å². The Kier molecular flexibility index (Phi) is 5.44. The SMILES string of the molecule is COCC1(C(=O)NC2CCCC(C)C2C)CCNCC1. The molecule has 2 rings (SSSR count). The number of hydrogen-bond donors (Lipinski definition) is 2. The normalized spacial score (nSPS) is 33.6. The van der Waals surface area contributed by atoms with Crippen LogP contribution in [0.15, 0.2) is 0 Å². The highest BCUT2D eigenvalue weighted by atomic mass is 16.5. The number of amides is 1. The Balaban J connectivity index is 2.00. The second-order valence-electron chi connectivity index (χ2n) is 6.81. The number of nitrogens with one attached hydrogen (secondary N) is 2. The second kappa shape index (κ2) is 6.90. The summed E-state index contributed by atoms with van der Waals surface area (Å²) in [7, 11) is 1.70. The maximum Gasteiger partial charge on any atom is 0.228 e. The first kappa shape index (κ1) is 15.8. The Morgan fingerprint density at radius 1 is 1.30 bits per heavy atom. The van der Waals surface area contributed by atoms with Gasteiger partial charge in [0.15, 0.2) is 0 Å². The highest BCUT2D eigenvalue weighted by Gasteiger charge is 2.41. The second-order valence-corrected chi connectivity index (χ2v) is 6.81. The zero-order chi connectivity index (χ0) is 14.6. The summed E-state index contributed by atoms with van der Waals surface area (Å²) in [5.41, 5.74) is -0.319. The van der Waals surface area contributed by atoms with Gasteiger partial charge in [-0.2, -0.15) is 0 Å². The molecule has 1 aliphatic carbocycles. The van der Waals surface area contributed by atoms with Gasteiger partial charge in [0.05, 0.1) is 12.0 Å². The van der Waals surface area contributed by atoms with Crippen LogP contribution in [0, 0.1) is 17.3 Å². The smallest absolute Gasteiger partial charge is 0.228 e. The molecule has 1 amide bonds. The Morgan fingerprint density at radius 3 is 2.65 bits per heavy atom. The van der Waals surface area contributed by atoms with Gasteiger partial charge >= 0.3 is 0 Å². The van der Waals surface area contributed by atoms with E-state index in [4.69, 9.17) is 4.74 Å². The maximum absolute atomic E-state index is 12.8. The van der Waals surface area contributed by atoms with Gasteiger partial charge in [-0.25, -0.2) is 0 Å². The highest BCUT2D eigenvalue weighted by molar-refractivity contribution is 5.83. The molecule has 1 aliphatic heterocycles. The fourth-order valence-electron chi connectivity index (χ4n) is 3.73. The van der Waals surface area contributed by atoms with Crippen molar-refractivity contribution in [3.05, 3.63) is 0 Å². The molecular weight excluding hydrogens is 252 g/mol. The van der Waals surface area contributed by atoms with E-state index in [-0.39, 0.29) is 11.3 Å². The molecule has 1 saturated carbocycles. The molecule has 0 radical (unpaired) electrons. The number of piperidine rings is 1. The van der Waals surface area contributed by atoms with Crippen molar-refractivity contribution < 1.29 is 9.53 Å². The average molecular weight is 282 g/mol. The first-order valence-electron chi connectivity index (χ1n) is 8.10. The molecule has 3 unspecified atom stereocenters. The molecule has 0 bridgehead atoms. The van der Waals surface area contributed by atoms with Crippen LogP contribution < -0.4 is 10.6 Å². The van der Waals surface area contributed by atoms with E-state index in [1.807, 2.05) is 0 Å². The monoisotopic (exact) mass is 282 g/mol. The standard InChI is InChI=1S/C16H30N2O2/c1-12-5-4-6-14(13(12)2)18-15(19)16(11-20-3)7-9-17-10-8-16/h12-14,17H,4-11H2,1-3H3,(H,18,19). The third kappa shape index (κ3) is 3.34. The Bertz CT molecular complexity index is 321. The zero-order valence-electron chi connectivity index (χ0n) is 13.2. The van der Waals surface area contributed by atoms with Gasteiger partial charge in [0.25, 0.3) is 0 Å². The summed E-state index contributed by atoms with van der Waals surface area (Å²) >= 11 is 0. The average Bonchev–Trinajstić information content (AvgIpc) is 2.45. The summed E-state index contributed by atoms with van der Waals surface area (Å²) in [5.74, 6) is 1.50. The number of carbonyl (C=O) groups is 1. The van der Waals surface area contributed by atoms with Gasteiger partial charge in [0.1, 0.15) is 0 Å². The first-order valence-corrected chi connectivity index (χ1v) is 8.10. The van der Waals surface area contributed by atoms with E-state index >= 15 is 0 Å². The third-order valence-electron chi connectivity index (χ3n) is 5.49. The molecule has 0 aromatic carbocycles. The molecular formula is C16H30N2O2. The number of ether oxygens (including phenoxy) is 1. The summed E-state index contributed by atoms with van der Waals surface area (Å²) in [6, 6.07) is 0.342. The van der Waals surface area contributed by atoms with Gasteiger partial charge in [0.2, 0.25) is 5.91 Å². The largest absolute Gasteiger partial charge is 0.384 e. The lowest BCUT2D eigenvalue weighted by Gasteiger charge is -2.40. The molecule has 0 aromatic heterocycles. The van der Waals surface area contributed by atoms with Crippen molar-refractivity contribution in [1.82, 2.24) is 10.6 Å². The molecule has 2 N–H and O–H groups in total. The zero-order valence-corrected chi connectivity index (χ0v) is 13.2. The van der Waals surface area contributed by atoms with Gasteiger partial charge in [-0.05, 0) is 44.2 Å². The van der Waals surface area contributed by atoms with Crippen molar-refractivity contribution in [3.63, 3.8) is 0 Å². The van der Waals surface area contributed by atoms with E-state index in [0.717, 1.165) is 32.4 Å². The highest BCUT2D eigenvalue weighted by Crippen LogP contribution is 2.33. The van der Waals surface area contributed by atoms with E-state index < -0.39 is 0 Å². The van der Waals surface area contributed by atoms with Crippen molar-refractivity contribution in [1.29, 1.82) is 0 Å². The van der Waals surface area contributed by atoms with Gasteiger partial charge in [-0.1, -0.05) is 26.7 Å². The summed E-state index contributed by atoms with van der Waals surface area (Å²) < 4.78 is 5.35. The summed E-state index contributed by atoms with van der Waals surface area (Å²) in [5, 5.41) is 6.68. The van der Waals surface area contributed by atoms with Crippen molar-refractivity contribution in [2.24, 2.45) is 17.3 Å². The van der Waals surface area contributed by atoms with Crippen LogP contribution in [0.25, 0.3) is 0 Å². The minimum atomic E-state index is -0.319. The fraction of sp³-hybridized carbons (Fsp3) is 0.938. The van der Waals surface area contributed by atoms with Crippen molar-refractivity contribution in [2.45, 2.75) is 52.0 Å². The van der Waals surface area contributed by atoms with Gasteiger partial charge in [-0.15, -0.1) is 0 Å². The van der Waals surface area contributed by atoms with Crippen LogP contribution in [0.3, 0.4) is 0 Å². The van der Waals surface area contributed by atoms with E-state index in [9.17, 15) is 4.79 Å². The molecule has 2 aliphatic rings. The third-order valence-corrected chi connectivity index (χ3v) is 5.49. The van der Waals surface area contributed by atoms with E-state index in [1.165, 1.54) is 12.8 Å². The van der Waals surface area contributed by atoms with Crippen LogP contribution in [-0.4, -0.2) is 38.8 Å². The van der Waals surface area contributed by atoms with Crippen molar-refractivity contribution in [3.8, 4) is 0 Å². The Labute approximate surface area is 123 Å². The summed E-state index contributed by atoms with van der Waals surface area (Å²) in [6.45, 7) is 6.94. The molecule has 20 heavy (non-hydrogen) atoms. The minimum absolute atomic E-state index is 0.215. The Hall–Kier alpha value is -0.610. The summed E-state index contributed by atoms with van der Waals surface area (Å²) in [6.07, 6.45) is 5.40. The number of hydrogen-bond acceptors (Lipinski definition) is 3. The number of methoxy groups -OCH3 is 1. The van der Waals surface area contributed by atoms with Crippen LogP contribution in [0.1, 0.15) is 46.0 Å². The Morgan fingerprint density at radius 2 is 2.00 bits per heavy atom. The molecule has 1 heterocycles. The predicted octanol–water partition coefficient (Wildman–Crippen LogP) is 1.94. The number of rotatable bonds is 4. The lowest BCUT2D eigenvalue weighted by atomic mass is 9.75. The van der Waals surface area contributed by atoms with Gasteiger partial charge in [0, 0.05) is 13.2 Å². The van der Waals surface area contributed by atoms with Crippen LogP contribution >= 0.6 is 0 Å². The van der Waals surface area contributed by atoms with Crippen LogP contribution in [0.5, 0.6) is 0 Å². The number of carbonyl (C=O) groups excluding carboxylic acids is 1. The molecule has 1 saturated heterocycles. The molecule has 0 spiro atoms. The van der Waals surface area contributed by atoms with Gasteiger partial charge in [-0.3, -0.25) is 4.79 Å². The molecule has 0 aromatic rings. The van der Waals surface area contributed by atoms with E-state index in [0.29, 0.717) is 24.5 Å². The molecule has 2 fully saturated rings. The lowest BCUT2D eigenvalue weighted by Crippen LogP contribution is -2.54. The van der Waals surface area contributed by atoms with Crippen LogP contribution in [-0.2, 0) is 9.53 Å². The minimum Gasteiger partial charge on any atom is -0.384 e. The van der Waals surface area contributed by atoms with Crippen molar-refractivity contribution >= 4 is 5.91 Å². The first-order chi connectivity index (χ1) is 9.59. The van der Waals surface area contributed by atoms with E-state index in [1.54, 1.807) is 7.11 Å². The van der Waals surface area contributed by atoms with Crippen LogP contribution in [0.4, 0.5) is 0 Å². The fourth-order valence-corrected chi connectivity index (χ4v) is 3.73. The molecule has 116 valence electrons. The van der Waals surface area contributed by atoms with Crippen molar-refractivity contribution in [2.75, 3.05) is 26.8 Å². The maximum atomic E-state index is 12.8.